The van der Waals surface area contributed by atoms with Crippen molar-refractivity contribution < 1.29 is 0 Å². The van der Waals surface area contributed by atoms with Gasteiger partial charge < -0.3 is 5.32 Å². The SMILES string of the molecule is CCCc1cc(C)ccc1Nc1nc(=O)c2cccnc2s1. The molecule has 0 saturated carbocycles. The van der Waals surface area contributed by atoms with Crippen molar-refractivity contribution >= 4 is 32.4 Å². The molecule has 22 heavy (non-hydrogen) atoms. The number of fused-ring (bicyclic) bond motifs is 1. The first-order valence-electron chi connectivity index (χ1n) is 7.30. The molecular weight excluding hydrogens is 294 g/mol. The molecule has 0 aliphatic carbocycles. The third-order valence-corrected chi connectivity index (χ3v) is 4.33. The Morgan fingerprint density at radius 3 is 2.95 bits per heavy atom. The predicted molar refractivity (Wildman–Crippen MR) is 92.1 cm³/mol. The van der Waals surface area contributed by atoms with Crippen LogP contribution in [0.4, 0.5) is 10.8 Å². The van der Waals surface area contributed by atoms with Gasteiger partial charge in [0.1, 0.15) is 4.83 Å². The van der Waals surface area contributed by atoms with E-state index in [0.717, 1.165) is 18.5 Å². The van der Waals surface area contributed by atoms with Gasteiger partial charge in [-0.15, -0.1) is 0 Å². The summed E-state index contributed by atoms with van der Waals surface area (Å²) in [7, 11) is 0. The minimum atomic E-state index is -0.242. The van der Waals surface area contributed by atoms with Gasteiger partial charge in [0, 0.05) is 11.9 Å². The molecular formula is C17H17N3OS. The highest BCUT2D eigenvalue weighted by molar-refractivity contribution is 7.21. The zero-order valence-corrected chi connectivity index (χ0v) is 13.4. The number of hydrogen-bond donors (Lipinski definition) is 1. The van der Waals surface area contributed by atoms with Crippen LogP contribution < -0.4 is 10.9 Å². The highest BCUT2D eigenvalue weighted by Crippen LogP contribution is 2.26. The molecule has 1 aromatic carbocycles. The Balaban J connectivity index is 2.01. The third-order valence-electron chi connectivity index (χ3n) is 3.42. The van der Waals surface area contributed by atoms with Crippen LogP contribution >= 0.6 is 11.3 Å². The normalized spacial score (nSPS) is 10.8. The van der Waals surface area contributed by atoms with Gasteiger partial charge in [-0.2, -0.15) is 4.98 Å². The zero-order valence-electron chi connectivity index (χ0n) is 12.6. The molecule has 3 rings (SSSR count). The quantitative estimate of drug-likeness (QED) is 0.789. The maximum atomic E-state index is 12.1. The van der Waals surface area contributed by atoms with E-state index in [1.54, 1.807) is 18.3 Å². The van der Waals surface area contributed by atoms with Gasteiger partial charge in [-0.1, -0.05) is 42.4 Å². The van der Waals surface area contributed by atoms with Crippen molar-refractivity contribution in [1.29, 1.82) is 0 Å². The number of nitrogens with one attached hydrogen (secondary N) is 1. The molecule has 0 unspecified atom stereocenters. The minimum Gasteiger partial charge on any atom is -0.331 e. The summed E-state index contributed by atoms with van der Waals surface area (Å²) in [5.41, 5.74) is 3.24. The van der Waals surface area contributed by atoms with Crippen LogP contribution in [0.5, 0.6) is 0 Å². The Morgan fingerprint density at radius 1 is 1.27 bits per heavy atom. The molecule has 0 aliphatic heterocycles. The number of nitrogens with zero attached hydrogens (tertiary/aromatic N) is 2. The summed E-state index contributed by atoms with van der Waals surface area (Å²) in [6.45, 7) is 4.24. The Hall–Kier alpha value is -2.27. The number of aryl methyl sites for hydroxylation is 2. The topological polar surface area (TPSA) is 54.9 Å². The number of anilines is 2. The Labute approximate surface area is 132 Å². The standard InChI is InChI=1S/C17H17N3OS/c1-3-5-12-10-11(2)7-8-14(12)19-17-20-15(21)13-6-4-9-18-16(13)22-17/h4,6-10H,3,5H2,1-2H3,(H,19,20,21). The van der Waals surface area contributed by atoms with Gasteiger partial charge >= 0.3 is 0 Å². The number of rotatable bonds is 4. The second-order valence-electron chi connectivity index (χ2n) is 5.22. The van der Waals surface area contributed by atoms with Crippen LogP contribution in [0.15, 0.2) is 41.3 Å². The monoisotopic (exact) mass is 311 g/mol. The Kier molecular flexibility index (Phi) is 4.15. The van der Waals surface area contributed by atoms with E-state index in [2.05, 4.69) is 41.3 Å². The molecule has 4 nitrogen and oxygen atoms in total. The molecule has 0 radical (unpaired) electrons. The van der Waals surface area contributed by atoms with E-state index in [1.165, 1.54) is 22.5 Å². The van der Waals surface area contributed by atoms with Gasteiger partial charge in [-0.25, -0.2) is 4.98 Å². The van der Waals surface area contributed by atoms with Crippen LogP contribution in [0, 0.1) is 6.92 Å². The van der Waals surface area contributed by atoms with Crippen molar-refractivity contribution in [3.63, 3.8) is 0 Å². The zero-order chi connectivity index (χ0) is 15.5. The van der Waals surface area contributed by atoms with Crippen LogP contribution in [0.2, 0.25) is 0 Å². The summed E-state index contributed by atoms with van der Waals surface area (Å²) in [4.78, 5) is 21.2. The van der Waals surface area contributed by atoms with E-state index < -0.39 is 0 Å². The van der Waals surface area contributed by atoms with Crippen LogP contribution in [-0.2, 0) is 6.42 Å². The van der Waals surface area contributed by atoms with E-state index >= 15 is 0 Å². The fourth-order valence-corrected chi connectivity index (χ4v) is 3.24. The average Bonchev–Trinajstić information content (AvgIpc) is 2.50. The van der Waals surface area contributed by atoms with E-state index in [1.807, 2.05) is 6.07 Å². The van der Waals surface area contributed by atoms with Crippen molar-refractivity contribution in [1.82, 2.24) is 9.97 Å². The largest absolute Gasteiger partial charge is 0.331 e. The van der Waals surface area contributed by atoms with Gasteiger partial charge in [0.25, 0.3) is 5.56 Å². The number of benzene rings is 1. The summed E-state index contributed by atoms with van der Waals surface area (Å²) in [5.74, 6) is 0. The molecule has 0 fully saturated rings. The van der Waals surface area contributed by atoms with Crippen LogP contribution in [0.3, 0.4) is 0 Å². The molecule has 0 aliphatic rings. The molecule has 5 heteroatoms. The molecule has 2 heterocycles. The molecule has 112 valence electrons. The first-order chi connectivity index (χ1) is 10.7. The molecule has 1 N–H and O–H groups in total. The molecule has 3 aromatic rings. The van der Waals surface area contributed by atoms with Gasteiger partial charge in [0.2, 0.25) is 0 Å². The average molecular weight is 311 g/mol. The number of pyridine rings is 1. The van der Waals surface area contributed by atoms with E-state index in [0.29, 0.717) is 15.3 Å². The van der Waals surface area contributed by atoms with Crippen molar-refractivity contribution in [3.8, 4) is 0 Å². The second kappa shape index (κ2) is 6.23. The van der Waals surface area contributed by atoms with E-state index in [-0.39, 0.29) is 5.56 Å². The van der Waals surface area contributed by atoms with E-state index in [4.69, 9.17) is 0 Å². The molecule has 0 spiro atoms. The summed E-state index contributed by atoms with van der Waals surface area (Å²) in [6.07, 6.45) is 3.75. The number of hydrogen-bond acceptors (Lipinski definition) is 5. The lowest BCUT2D eigenvalue weighted by atomic mass is 10.1. The lowest BCUT2D eigenvalue weighted by Gasteiger charge is -2.11. The maximum Gasteiger partial charge on any atom is 0.282 e. The van der Waals surface area contributed by atoms with Gasteiger partial charge in [-0.05, 0) is 37.1 Å². The smallest absolute Gasteiger partial charge is 0.282 e. The van der Waals surface area contributed by atoms with Crippen molar-refractivity contribution in [2.24, 2.45) is 0 Å². The van der Waals surface area contributed by atoms with Crippen LogP contribution in [0.1, 0.15) is 24.5 Å². The van der Waals surface area contributed by atoms with Crippen LogP contribution in [0.25, 0.3) is 10.2 Å². The van der Waals surface area contributed by atoms with Gasteiger partial charge in [0.05, 0.1) is 5.39 Å². The van der Waals surface area contributed by atoms with Crippen molar-refractivity contribution in [2.45, 2.75) is 26.7 Å². The lowest BCUT2D eigenvalue weighted by molar-refractivity contribution is 0.922. The maximum absolute atomic E-state index is 12.1. The molecule has 0 amide bonds. The first-order valence-corrected chi connectivity index (χ1v) is 8.11. The molecule has 2 aromatic heterocycles. The molecule has 0 saturated heterocycles. The van der Waals surface area contributed by atoms with Crippen LogP contribution in [-0.4, -0.2) is 9.97 Å². The number of aromatic nitrogens is 2. The lowest BCUT2D eigenvalue weighted by Crippen LogP contribution is -2.08. The van der Waals surface area contributed by atoms with Gasteiger partial charge in [0.15, 0.2) is 5.13 Å². The third kappa shape index (κ3) is 2.99. The highest BCUT2D eigenvalue weighted by Gasteiger charge is 2.08. The fraction of sp³-hybridized carbons (Fsp3) is 0.235. The fourth-order valence-electron chi connectivity index (χ4n) is 2.39. The minimum absolute atomic E-state index is 0.242. The van der Waals surface area contributed by atoms with Crippen molar-refractivity contribution in [2.75, 3.05) is 5.32 Å². The molecule has 0 atom stereocenters. The van der Waals surface area contributed by atoms with Crippen molar-refractivity contribution in [3.05, 3.63) is 58.0 Å². The summed E-state index contributed by atoms with van der Waals surface area (Å²) in [6, 6.07) is 9.79. The van der Waals surface area contributed by atoms with E-state index in [9.17, 15) is 4.79 Å². The predicted octanol–water partition coefficient (Wildman–Crippen LogP) is 4.06. The Morgan fingerprint density at radius 2 is 2.14 bits per heavy atom. The first kappa shape index (κ1) is 14.7. The highest BCUT2D eigenvalue weighted by atomic mass is 32.1. The summed E-state index contributed by atoms with van der Waals surface area (Å²) >= 11 is 1.39. The summed E-state index contributed by atoms with van der Waals surface area (Å²) in [5, 5.41) is 4.43. The Bertz CT molecular complexity index is 873. The second-order valence-corrected chi connectivity index (χ2v) is 6.19. The summed E-state index contributed by atoms with van der Waals surface area (Å²) < 4.78 is 0. The van der Waals surface area contributed by atoms with Gasteiger partial charge in [-0.3, -0.25) is 4.79 Å². The molecule has 0 bridgehead atoms.